The van der Waals surface area contributed by atoms with Crippen LogP contribution in [0.5, 0.6) is 0 Å². The minimum atomic E-state index is -0.857. The number of carbonyl (C=O) groups excluding carboxylic acids is 2. The van der Waals surface area contributed by atoms with Crippen LogP contribution in [-0.2, 0) is 9.59 Å². The van der Waals surface area contributed by atoms with E-state index in [1.165, 1.54) is 11.8 Å². The van der Waals surface area contributed by atoms with E-state index >= 15 is 0 Å². The topological polar surface area (TPSA) is 98.7 Å². The maximum atomic E-state index is 12.2. The van der Waals surface area contributed by atoms with Crippen molar-refractivity contribution in [2.24, 2.45) is 5.92 Å². The summed E-state index contributed by atoms with van der Waals surface area (Å²) in [5.74, 6) is -0.198. The van der Waals surface area contributed by atoms with Gasteiger partial charge in [0.15, 0.2) is 0 Å². The summed E-state index contributed by atoms with van der Waals surface area (Å²) >= 11 is 0. The van der Waals surface area contributed by atoms with Crippen molar-refractivity contribution in [2.45, 2.75) is 58.9 Å². The summed E-state index contributed by atoms with van der Waals surface area (Å²) in [4.78, 5) is 35.8. The molecule has 0 radical (unpaired) electrons. The third-order valence-electron chi connectivity index (χ3n) is 3.77. The maximum absolute atomic E-state index is 12.2. The summed E-state index contributed by atoms with van der Waals surface area (Å²) < 4.78 is 0. The zero-order valence-corrected chi connectivity index (χ0v) is 15.0. The van der Waals surface area contributed by atoms with Gasteiger partial charge in [-0.05, 0) is 52.4 Å². The second-order valence-electron chi connectivity index (χ2n) is 7.32. The van der Waals surface area contributed by atoms with Crippen LogP contribution < -0.4 is 10.6 Å². The van der Waals surface area contributed by atoms with Crippen molar-refractivity contribution < 1.29 is 19.5 Å². The molecule has 0 aromatic rings. The van der Waals surface area contributed by atoms with Gasteiger partial charge in [-0.2, -0.15) is 0 Å². The van der Waals surface area contributed by atoms with Crippen LogP contribution in [0.1, 0.15) is 53.4 Å². The van der Waals surface area contributed by atoms with Crippen molar-refractivity contribution in [1.82, 2.24) is 15.5 Å². The molecule has 1 aliphatic heterocycles. The number of amides is 3. The molecule has 0 aromatic carbocycles. The standard InChI is InChI=1S/C17H29N3O4/c1-12(21)18-14(15(22)19-17(2,3)4)8-6-5-7-13-9-10-20(11-13)16(23)24/h8,13H,5-7,9-11H2,1-4H3,(H,18,21)(H,19,22)(H,23,24)/t13-/m0/s1. The smallest absolute Gasteiger partial charge is 0.407 e. The van der Waals surface area contributed by atoms with E-state index in [1.807, 2.05) is 20.8 Å². The van der Waals surface area contributed by atoms with Gasteiger partial charge in [0.25, 0.3) is 5.91 Å². The molecule has 24 heavy (non-hydrogen) atoms. The van der Waals surface area contributed by atoms with E-state index in [2.05, 4.69) is 10.6 Å². The largest absolute Gasteiger partial charge is 0.465 e. The second kappa shape index (κ2) is 8.70. The number of likely N-dealkylation sites (tertiary alicyclic amines) is 1. The highest BCUT2D eigenvalue weighted by atomic mass is 16.4. The highest BCUT2D eigenvalue weighted by Crippen LogP contribution is 2.21. The van der Waals surface area contributed by atoms with Crippen LogP contribution in [0.2, 0.25) is 0 Å². The van der Waals surface area contributed by atoms with Crippen molar-refractivity contribution in [3.05, 3.63) is 11.8 Å². The molecule has 7 nitrogen and oxygen atoms in total. The minimum Gasteiger partial charge on any atom is -0.465 e. The molecule has 3 N–H and O–H groups in total. The molecule has 1 rings (SSSR count). The fraction of sp³-hybridized carbons (Fsp3) is 0.706. The molecule has 1 heterocycles. The van der Waals surface area contributed by atoms with Crippen LogP contribution in [0.4, 0.5) is 4.79 Å². The highest BCUT2D eigenvalue weighted by Gasteiger charge is 2.25. The zero-order chi connectivity index (χ0) is 18.3. The fourth-order valence-electron chi connectivity index (χ4n) is 2.69. The lowest BCUT2D eigenvalue weighted by Gasteiger charge is -2.21. The van der Waals surface area contributed by atoms with Gasteiger partial charge in [0, 0.05) is 25.6 Å². The van der Waals surface area contributed by atoms with E-state index in [9.17, 15) is 14.4 Å². The molecule has 1 atom stereocenters. The number of rotatable bonds is 6. The molecule has 136 valence electrons. The number of carbonyl (C=O) groups is 3. The van der Waals surface area contributed by atoms with Crippen LogP contribution in [0.3, 0.4) is 0 Å². The van der Waals surface area contributed by atoms with E-state index in [-0.39, 0.29) is 23.1 Å². The van der Waals surface area contributed by atoms with Crippen molar-refractivity contribution in [3.8, 4) is 0 Å². The summed E-state index contributed by atoms with van der Waals surface area (Å²) in [6.45, 7) is 8.19. The van der Waals surface area contributed by atoms with Gasteiger partial charge in [-0.3, -0.25) is 9.59 Å². The first-order valence-corrected chi connectivity index (χ1v) is 8.36. The molecule has 0 saturated carbocycles. The van der Waals surface area contributed by atoms with Gasteiger partial charge in [0.05, 0.1) is 0 Å². The van der Waals surface area contributed by atoms with E-state index < -0.39 is 6.09 Å². The van der Waals surface area contributed by atoms with Crippen LogP contribution in [0.25, 0.3) is 0 Å². The average Bonchev–Trinajstić information content (AvgIpc) is 2.88. The van der Waals surface area contributed by atoms with E-state index in [0.29, 0.717) is 25.4 Å². The summed E-state index contributed by atoms with van der Waals surface area (Å²) in [6, 6.07) is 0. The Hall–Kier alpha value is -2.05. The molecular formula is C17H29N3O4. The van der Waals surface area contributed by atoms with Gasteiger partial charge < -0.3 is 20.6 Å². The second-order valence-corrected chi connectivity index (χ2v) is 7.32. The normalized spacial score (nSPS) is 18.4. The maximum Gasteiger partial charge on any atom is 0.407 e. The number of allylic oxidation sites excluding steroid dienone is 1. The molecular weight excluding hydrogens is 310 g/mol. The quantitative estimate of drug-likeness (QED) is 0.510. The lowest BCUT2D eigenvalue weighted by atomic mass is 10.0. The zero-order valence-electron chi connectivity index (χ0n) is 15.0. The Balaban J connectivity index is 2.48. The number of unbranched alkanes of at least 4 members (excludes halogenated alkanes) is 1. The molecule has 1 aliphatic rings. The van der Waals surface area contributed by atoms with Crippen LogP contribution in [-0.4, -0.2) is 46.5 Å². The molecule has 0 aliphatic carbocycles. The van der Waals surface area contributed by atoms with Crippen LogP contribution in [0.15, 0.2) is 11.8 Å². The molecule has 0 bridgehead atoms. The van der Waals surface area contributed by atoms with Crippen LogP contribution >= 0.6 is 0 Å². The highest BCUT2D eigenvalue weighted by molar-refractivity contribution is 5.97. The summed E-state index contributed by atoms with van der Waals surface area (Å²) in [7, 11) is 0. The summed E-state index contributed by atoms with van der Waals surface area (Å²) in [6.07, 6.45) is 4.20. The average molecular weight is 339 g/mol. The Morgan fingerprint density at radius 1 is 1.29 bits per heavy atom. The van der Waals surface area contributed by atoms with Gasteiger partial charge in [-0.25, -0.2) is 4.79 Å². The molecule has 1 fully saturated rings. The third-order valence-corrected chi connectivity index (χ3v) is 3.77. The van der Waals surface area contributed by atoms with Crippen molar-refractivity contribution in [1.29, 1.82) is 0 Å². The van der Waals surface area contributed by atoms with Crippen molar-refractivity contribution in [3.63, 3.8) is 0 Å². The number of nitrogens with zero attached hydrogens (tertiary/aromatic N) is 1. The minimum absolute atomic E-state index is 0.274. The fourth-order valence-corrected chi connectivity index (χ4v) is 2.69. The lowest BCUT2D eigenvalue weighted by molar-refractivity contribution is -0.123. The van der Waals surface area contributed by atoms with E-state index in [4.69, 9.17) is 5.11 Å². The van der Waals surface area contributed by atoms with Gasteiger partial charge in [-0.1, -0.05) is 6.08 Å². The number of hydrogen-bond acceptors (Lipinski definition) is 3. The van der Waals surface area contributed by atoms with Crippen LogP contribution in [0, 0.1) is 5.92 Å². The SMILES string of the molecule is CC(=O)NC(=CCCC[C@H]1CCN(C(=O)O)C1)C(=O)NC(C)(C)C. The Kier molecular flexibility index (Phi) is 7.25. The Morgan fingerprint density at radius 2 is 1.96 bits per heavy atom. The first-order chi connectivity index (χ1) is 11.1. The summed E-state index contributed by atoms with van der Waals surface area (Å²) in [5, 5.41) is 14.4. The van der Waals surface area contributed by atoms with Crippen molar-refractivity contribution >= 4 is 17.9 Å². The van der Waals surface area contributed by atoms with Gasteiger partial charge in [-0.15, -0.1) is 0 Å². The number of carboxylic acid groups (broad SMARTS) is 1. The molecule has 1 saturated heterocycles. The van der Waals surface area contributed by atoms with E-state index in [1.54, 1.807) is 6.08 Å². The summed E-state index contributed by atoms with van der Waals surface area (Å²) in [5.41, 5.74) is -0.102. The van der Waals surface area contributed by atoms with Gasteiger partial charge in [0.2, 0.25) is 5.91 Å². The predicted octanol–water partition coefficient (Wildman–Crippen LogP) is 2.09. The monoisotopic (exact) mass is 339 g/mol. The first-order valence-electron chi connectivity index (χ1n) is 8.36. The Labute approximate surface area is 143 Å². The Morgan fingerprint density at radius 3 is 2.46 bits per heavy atom. The lowest BCUT2D eigenvalue weighted by Crippen LogP contribution is -2.44. The van der Waals surface area contributed by atoms with Gasteiger partial charge in [0.1, 0.15) is 5.70 Å². The molecule has 7 heteroatoms. The first kappa shape index (κ1) is 20.0. The van der Waals surface area contributed by atoms with E-state index in [0.717, 1.165) is 19.3 Å². The molecule has 3 amide bonds. The molecule has 0 unspecified atom stereocenters. The van der Waals surface area contributed by atoms with Crippen molar-refractivity contribution in [2.75, 3.05) is 13.1 Å². The van der Waals surface area contributed by atoms with Gasteiger partial charge >= 0.3 is 6.09 Å². The number of hydrogen-bond donors (Lipinski definition) is 3. The Bertz CT molecular complexity index is 508. The molecule has 0 aromatic heterocycles. The third kappa shape index (κ3) is 7.48. The molecule has 0 spiro atoms. The predicted molar refractivity (Wildman–Crippen MR) is 91.4 cm³/mol. The number of nitrogens with one attached hydrogen (secondary N) is 2.